The quantitative estimate of drug-likeness (QED) is 0.395. The minimum Gasteiger partial charge on any atom is -0.452 e. The molecule has 1 aliphatic rings. The van der Waals surface area contributed by atoms with E-state index in [1.165, 1.54) is 18.3 Å². The fraction of sp³-hybridized carbons (Fsp3) is 0.357. The molecule has 2 N–H and O–H groups in total. The molecule has 2 aromatic carbocycles. The highest BCUT2D eigenvalue weighted by atomic mass is 32.1. The third-order valence-corrected chi connectivity index (χ3v) is 7.27. The maximum absolute atomic E-state index is 13.3. The van der Waals surface area contributed by atoms with E-state index in [4.69, 9.17) is 4.74 Å². The Morgan fingerprint density at radius 3 is 2.59 bits per heavy atom. The number of hydrogen-bond acceptors (Lipinski definition) is 7. The van der Waals surface area contributed by atoms with E-state index in [0.29, 0.717) is 13.0 Å². The summed E-state index contributed by atoms with van der Waals surface area (Å²) in [5, 5.41) is 15.0. The molecule has 1 unspecified atom stereocenters. The highest BCUT2D eigenvalue weighted by Crippen LogP contribution is 2.32. The SMILES string of the molecule is CC(=O)O[C@H](CC(=O)NCc1nc(Cc2ccccc2CO)cs1)C(=O)N1CCCC1c1ccccc1. The number of amides is 2. The van der Waals surface area contributed by atoms with Crippen LogP contribution in [0.1, 0.15) is 59.6 Å². The molecule has 3 aromatic rings. The molecule has 0 bridgehead atoms. The van der Waals surface area contributed by atoms with Crippen LogP contribution in [0.4, 0.5) is 0 Å². The predicted molar refractivity (Wildman–Crippen MR) is 139 cm³/mol. The van der Waals surface area contributed by atoms with E-state index in [9.17, 15) is 19.5 Å². The molecule has 9 heteroatoms. The summed E-state index contributed by atoms with van der Waals surface area (Å²) in [5.41, 5.74) is 3.74. The Bertz CT molecular complexity index is 1230. The second-order valence-corrected chi connectivity index (χ2v) is 9.96. The smallest absolute Gasteiger partial charge is 0.303 e. The van der Waals surface area contributed by atoms with Gasteiger partial charge in [-0.2, -0.15) is 0 Å². The van der Waals surface area contributed by atoms with Crippen molar-refractivity contribution in [1.29, 1.82) is 0 Å². The molecule has 2 atom stereocenters. The monoisotopic (exact) mass is 521 g/mol. The molecule has 1 saturated heterocycles. The Morgan fingerprint density at radius 2 is 1.86 bits per heavy atom. The van der Waals surface area contributed by atoms with Crippen LogP contribution in [0.25, 0.3) is 0 Å². The Hall–Kier alpha value is -3.56. The first kappa shape index (κ1) is 26.5. The van der Waals surface area contributed by atoms with E-state index in [2.05, 4.69) is 10.3 Å². The standard InChI is InChI=1S/C28H31N3O5S/c1-19(33)36-25(28(35)31-13-7-12-24(31)20-8-3-2-4-9-20)15-26(34)29-16-27-30-23(18-37-27)14-21-10-5-6-11-22(21)17-32/h2-6,8-11,18,24-25,32H,7,12-17H2,1H3,(H,29,34)/t24?,25-/m1/s1. The fourth-order valence-electron chi connectivity index (χ4n) is 4.62. The number of hydrogen-bond donors (Lipinski definition) is 2. The molecule has 2 heterocycles. The molecule has 1 aliphatic heterocycles. The highest BCUT2D eigenvalue weighted by molar-refractivity contribution is 7.09. The van der Waals surface area contributed by atoms with Gasteiger partial charge >= 0.3 is 5.97 Å². The summed E-state index contributed by atoms with van der Waals surface area (Å²) in [6.45, 7) is 1.97. The van der Waals surface area contributed by atoms with E-state index in [-0.39, 0.29) is 31.5 Å². The number of aliphatic hydroxyl groups is 1. The number of aliphatic hydroxyl groups excluding tert-OH is 1. The lowest BCUT2D eigenvalue weighted by Crippen LogP contribution is -2.43. The van der Waals surface area contributed by atoms with E-state index in [0.717, 1.165) is 40.2 Å². The zero-order valence-corrected chi connectivity index (χ0v) is 21.6. The largest absolute Gasteiger partial charge is 0.452 e. The van der Waals surface area contributed by atoms with Gasteiger partial charge in [0, 0.05) is 25.3 Å². The van der Waals surface area contributed by atoms with Gasteiger partial charge in [-0.05, 0) is 29.5 Å². The summed E-state index contributed by atoms with van der Waals surface area (Å²) < 4.78 is 5.30. The summed E-state index contributed by atoms with van der Waals surface area (Å²) in [5.74, 6) is -1.34. The molecular weight excluding hydrogens is 490 g/mol. The van der Waals surface area contributed by atoms with Crippen molar-refractivity contribution in [3.63, 3.8) is 0 Å². The van der Waals surface area contributed by atoms with Crippen LogP contribution in [0.15, 0.2) is 60.0 Å². The number of thiazole rings is 1. The Kier molecular flexibility index (Phi) is 9.03. The molecule has 2 amide bonds. The van der Waals surface area contributed by atoms with Crippen molar-refractivity contribution in [2.45, 2.75) is 57.9 Å². The van der Waals surface area contributed by atoms with Crippen LogP contribution in [0.3, 0.4) is 0 Å². The van der Waals surface area contributed by atoms with Crippen LogP contribution < -0.4 is 5.32 Å². The van der Waals surface area contributed by atoms with E-state index in [1.807, 2.05) is 60.0 Å². The van der Waals surface area contributed by atoms with Crippen molar-refractivity contribution in [2.24, 2.45) is 0 Å². The molecule has 8 nitrogen and oxygen atoms in total. The molecular formula is C28H31N3O5S. The van der Waals surface area contributed by atoms with Gasteiger partial charge in [0.1, 0.15) is 5.01 Å². The van der Waals surface area contributed by atoms with Crippen LogP contribution in [-0.4, -0.2) is 45.4 Å². The maximum atomic E-state index is 13.3. The zero-order valence-electron chi connectivity index (χ0n) is 20.8. The Labute approximate surface area is 220 Å². The predicted octanol–water partition coefficient (Wildman–Crippen LogP) is 3.53. The van der Waals surface area contributed by atoms with Gasteiger partial charge in [-0.1, -0.05) is 54.6 Å². The van der Waals surface area contributed by atoms with Crippen molar-refractivity contribution in [2.75, 3.05) is 6.54 Å². The van der Waals surface area contributed by atoms with Crippen molar-refractivity contribution in [3.05, 3.63) is 87.4 Å². The number of esters is 1. The number of likely N-dealkylation sites (tertiary alicyclic amines) is 1. The number of benzene rings is 2. The summed E-state index contributed by atoms with van der Waals surface area (Å²) in [6, 6.07) is 17.3. The number of ether oxygens (including phenoxy) is 1. The van der Waals surface area contributed by atoms with E-state index >= 15 is 0 Å². The Morgan fingerprint density at radius 1 is 1.14 bits per heavy atom. The molecule has 194 valence electrons. The molecule has 0 radical (unpaired) electrons. The molecule has 0 aliphatic carbocycles. The number of aromatic nitrogens is 1. The third kappa shape index (κ3) is 7.02. The van der Waals surface area contributed by atoms with Gasteiger partial charge in [-0.3, -0.25) is 14.4 Å². The Balaban J connectivity index is 1.35. The maximum Gasteiger partial charge on any atom is 0.303 e. The normalized spacial score (nSPS) is 15.8. The lowest BCUT2D eigenvalue weighted by Gasteiger charge is -2.28. The van der Waals surface area contributed by atoms with Gasteiger partial charge in [0.15, 0.2) is 6.10 Å². The number of nitrogens with zero attached hydrogens (tertiary/aromatic N) is 2. The molecule has 4 rings (SSSR count). The fourth-order valence-corrected chi connectivity index (χ4v) is 5.36. The number of nitrogens with one attached hydrogen (secondary N) is 1. The molecule has 0 saturated carbocycles. The van der Waals surface area contributed by atoms with Crippen molar-refractivity contribution in [3.8, 4) is 0 Å². The first-order chi connectivity index (χ1) is 17.9. The summed E-state index contributed by atoms with van der Waals surface area (Å²) in [6.07, 6.45) is 0.827. The molecule has 1 aromatic heterocycles. The third-order valence-electron chi connectivity index (χ3n) is 6.37. The number of rotatable bonds is 10. The van der Waals surface area contributed by atoms with Gasteiger partial charge < -0.3 is 20.1 Å². The number of carbonyl (C=O) groups excluding carboxylic acids is 3. The number of carbonyl (C=O) groups is 3. The van der Waals surface area contributed by atoms with Crippen LogP contribution in [0.2, 0.25) is 0 Å². The summed E-state index contributed by atoms with van der Waals surface area (Å²) >= 11 is 1.43. The van der Waals surface area contributed by atoms with Crippen LogP contribution in [0, 0.1) is 0 Å². The lowest BCUT2D eigenvalue weighted by atomic mass is 10.0. The molecule has 0 spiro atoms. The first-order valence-corrected chi connectivity index (χ1v) is 13.2. The van der Waals surface area contributed by atoms with E-state index in [1.54, 1.807) is 4.90 Å². The summed E-state index contributed by atoms with van der Waals surface area (Å²) in [4.78, 5) is 44.1. The van der Waals surface area contributed by atoms with Gasteiger partial charge in [0.25, 0.3) is 5.91 Å². The van der Waals surface area contributed by atoms with Crippen LogP contribution in [-0.2, 0) is 38.7 Å². The summed E-state index contributed by atoms with van der Waals surface area (Å²) in [7, 11) is 0. The average molecular weight is 522 g/mol. The van der Waals surface area contributed by atoms with E-state index < -0.39 is 18.0 Å². The molecule has 37 heavy (non-hydrogen) atoms. The van der Waals surface area contributed by atoms with Crippen molar-refractivity contribution < 1.29 is 24.2 Å². The van der Waals surface area contributed by atoms with Gasteiger partial charge in [-0.15, -0.1) is 11.3 Å². The average Bonchev–Trinajstić information content (AvgIpc) is 3.57. The van der Waals surface area contributed by atoms with Gasteiger partial charge in [0.2, 0.25) is 5.91 Å². The minimum absolute atomic E-state index is 0.0328. The topological polar surface area (TPSA) is 109 Å². The lowest BCUT2D eigenvalue weighted by molar-refractivity contribution is -0.160. The van der Waals surface area contributed by atoms with Gasteiger partial charge in [-0.25, -0.2) is 4.98 Å². The molecule has 1 fully saturated rings. The highest BCUT2D eigenvalue weighted by Gasteiger charge is 2.36. The second-order valence-electron chi connectivity index (χ2n) is 9.02. The minimum atomic E-state index is -1.18. The van der Waals surface area contributed by atoms with Gasteiger partial charge in [0.05, 0.1) is 31.3 Å². The zero-order chi connectivity index (χ0) is 26.2. The second kappa shape index (κ2) is 12.6. The van der Waals surface area contributed by atoms with Crippen molar-refractivity contribution >= 4 is 29.1 Å². The van der Waals surface area contributed by atoms with Crippen LogP contribution in [0.5, 0.6) is 0 Å². The first-order valence-electron chi connectivity index (χ1n) is 12.3. The van der Waals surface area contributed by atoms with Crippen LogP contribution >= 0.6 is 11.3 Å². The van der Waals surface area contributed by atoms with Crippen molar-refractivity contribution in [1.82, 2.24) is 15.2 Å².